The number of aryl methyl sites for hydroxylation is 2. The molecule has 2 aromatic heterocycles. The van der Waals surface area contributed by atoms with E-state index in [1.54, 1.807) is 0 Å². The van der Waals surface area contributed by atoms with E-state index in [2.05, 4.69) is 444 Å². The van der Waals surface area contributed by atoms with Crippen molar-refractivity contribution in [2.45, 2.75) is 13.8 Å². The molecule has 10 heteroatoms. The third-order valence-corrected chi connectivity index (χ3v) is 22.7. The maximum absolute atomic E-state index is 5.30. The van der Waals surface area contributed by atoms with Crippen LogP contribution in [0.2, 0.25) is 0 Å². The van der Waals surface area contributed by atoms with Gasteiger partial charge in [-0.3, -0.25) is 9.97 Å². The average molecular weight is 1430 g/mol. The molecule has 0 unspecified atom stereocenters. The predicted molar refractivity (Wildman–Crippen MR) is 471 cm³/mol. The lowest BCUT2D eigenvalue weighted by Gasteiger charge is -2.48. The van der Waals surface area contributed by atoms with Crippen molar-refractivity contribution in [2.75, 3.05) is 29.4 Å². The Hall–Kier alpha value is -14.5. The first-order valence-corrected chi connectivity index (χ1v) is 38.5. The normalized spacial score (nSPS) is 12.6. The van der Waals surface area contributed by atoms with Crippen molar-refractivity contribution in [3.63, 3.8) is 0 Å². The molecule has 17 aromatic rings. The minimum absolute atomic E-state index is 0.280. The zero-order valence-electron chi connectivity index (χ0n) is 61.8. The molecule has 4 aliphatic rings. The summed E-state index contributed by atoms with van der Waals surface area (Å²) in [6.07, 6.45) is 0. The highest BCUT2D eigenvalue weighted by molar-refractivity contribution is 7.03. The van der Waals surface area contributed by atoms with Gasteiger partial charge >= 0.3 is 0 Å². The summed E-state index contributed by atoms with van der Waals surface area (Å²) in [6, 6.07) is 148. The standard InChI is InChI=1S/C102H72B2N8/c1-69-35-32-57-88(105-69)82-51-24-28-59-90(82)108(75-45-18-7-19-46-75)79-65-97-100-98(66-79)111(91-60-29-25-52-83(91)89-58-33-36-70(2)106-89)93-62-31-27-56-85(93)104(100)86-67-87-95(68-94(86)110(97)77-49-22-9-23-50-77)112(102-80(71-37-10-3-11-38-71)53-34-54-81(102)72-39-12-4-13-40-72)99-64-78(107(73-41-14-5-15-42-73)74-43-16-6-17-44-74)63-96-101(99)103(87)84-55-26-30-61-92(84)109(96)76-47-20-8-21-48-76/h3-68H,1-2H3. The van der Waals surface area contributed by atoms with Crippen LogP contribution >= 0.6 is 0 Å². The fraction of sp³-hybridized carbons (Fsp3) is 0.0196. The van der Waals surface area contributed by atoms with Crippen molar-refractivity contribution in [1.82, 2.24) is 9.97 Å². The van der Waals surface area contributed by atoms with Crippen LogP contribution in [0.15, 0.2) is 400 Å². The lowest BCUT2D eigenvalue weighted by atomic mass is 9.30. The van der Waals surface area contributed by atoms with Gasteiger partial charge in [-0.05, 0) is 197 Å². The first kappa shape index (κ1) is 65.8. The SMILES string of the molecule is Cc1cccc(-c2ccccc2N(c2ccccc2)c2cc3c4c(c2)N(c2ccccc2-c2cccc(C)n2)c2ccccc2B4c2cc4c(cc2N3c2ccccc2)N(c2c(-c3ccccc3)cccc2-c2ccccc2)c2cc(N(c3ccccc3)c3ccccc3)cc3c2B4c2ccccc2N3c2ccccc2)n1. The zero-order chi connectivity index (χ0) is 74.3. The fourth-order valence-corrected chi connectivity index (χ4v) is 18.1. The van der Waals surface area contributed by atoms with Gasteiger partial charge in [-0.1, -0.05) is 261 Å². The van der Waals surface area contributed by atoms with Gasteiger partial charge in [0.15, 0.2) is 0 Å². The van der Waals surface area contributed by atoms with E-state index >= 15 is 0 Å². The maximum Gasteiger partial charge on any atom is 0.252 e. The highest BCUT2D eigenvalue weighted by Gasteiger charge is 2.50. The number of nitrogens with zero attached hydrogens (tertiary/aromatic N) is 8. The quantitative estimate of drug-likeness (QED) is 0.0998. The Bertz CT molecular complexity index is 6370. The second-order valence-corrected chi connectivity index (χ2v) is 29.2. The summed E-state index contributed by atoms with van der Waals surface area (Å²) in [6.45, 7) is 3.58. The molecular weight excluding hydrogens is 1360 g/mol. The summed E-state index contributed by atoms with van der Waals surface area (Å²) in [5, 5.41) is 0. The van der Waals surface area contributed by atoms with Gasteiger partial charge < -0.3 is 29.4 Å². The average Bonchev–Trinajstić information content (AvgIpc) is 0.680. The van der Waals surface area contributed by atoms with Gasteiger partial charge in [0.1, 0.15) is 0 Å². The molecule has 6 heterocycles. The van der Waals surface area contributed by atoms with Crippen molar-refractivity contribution in [2.24, 2.45) is 0 Å². The van der Waals surface area contributed by atoms with Crippen LogP contribution in [-0.4, -0.2) is 23.4 Å². The molecular formula is C102H72B2N8. The highest BCUT2D eigenvalue weighted by Crippen LogP contribution is 2.56. The number of rotatable bonds is 14. The minimum atomic E-state index is -0.303. The molecule has 0 fully saturated rings. The molecule has 8 nitrogen and oxygen atoms in total. The molecule has 0 bridgehead atoms. The Morgan fingerprint density at radius 3 is 1.10 bits per heavy atom. The number of aromatic nitrogens is 2. The maximum atomic E-state index is 5.30. The molecule has 15 aromatic carbocycles. The molecule has 0 saturated heterocycles. The number of hydrogen-bond acceptors (Lipinski definition) is 8. The summed E-state index contributed by atoms with van der Waals surface area (Å²) in [5.41, 5.74) is 36.3. The van der Waals surface area contributed by atoms with Gasteiger partial charge in [-0.25, -0.2) is 0 Å². The van der Waals surface area contributed by atoms with Crippen LogP contribution in [0, 0.1) is 13.8 Å². The highest BCUT2D eigenvalue weighted by atomic mass is 15.2. The van der Waals surface area contributed by atoms with E-state index < -0.39 is 0 Å². The van der Waals surface area contributed by atoms with Gasteiger partial charge in [-0.2, -0.15) is 0 Å². The molecule has 0 saturated carbocycles. The van der Waals surface area contributed by atoms with E-state index in [1.807, 2.05) is 0 Å². The smallest absolute Gasteiger partial charge is 0.252 e. The van der Waals surface area contributed by atoms with Crippen LogP contribution in [0.4, 0.5) is 102 Å². The Kier molecular flexibility index (Phi) is 16.1. The van der Waals surface area contributed by atoms with E-state index in [1.165, 1.54) is 32.8 Å². The Morgan fingerprint density at radius 2 is 0.589 bits per heavy atom. The third-order valence-electron chi connectivity index (χ3n) is 22.7. The summed E-state index contributed by atoms with van der Waals surface area (Å²) in [4.78, 5) is 25.8. The van der Waals surface area contributed by atoms with Gasteiger partial charge in [-0.15, -0.1) is 0 Å². The topological polar surface area (TPSA) is 45.2 Å². The zero-order valence-corrected chi connectivity index (χ0v) is 61.8. The van der Waals surface area contributed by atoms with Crippen molar-refractivity contribution in [3.05, 3.63) is 412 Å². The van der Waals surface area contributed by atoms with Crippen molar-refractivity contribution < 1.29 is 0 Å². The van der Waals surface area contributed by atoms with Gasteiger partial charge in [0.05, 0.1) is 39.8 Å². The van der Waals surface area contributed by atoms with Crippen LogP contribution in [-0.2, 0) is 0 Å². The molecule has 4 aliphatic heterocycles. The van der Waals surface area contributed by atoms with E-state index in [4.69, 9.17) is 9.97 Å². The monoisotopic (exact) mass is 1430 g/mol. The summed E-state index contributed by atoms with van der Waals surface area (Å²) >= 11 is 0. The number of benzene rings is 15. The number of pyridine rings is 2. The van der Waals surface area contributed by atoms with E-state index in [0.717, 1.165) is 159 Å². The second-order valence-electron chi connectivity index (χ2n) is 29.2. The summed E-state index contributed by atoms with van der Waals surface area (Å²) < 4.78 is 0. The van der Waals surface area contributed by atoms with Crippen LogP contribution < -0.4 is 62.2 Å². The van der Waals surface area contributed by atoms with Crippen molar-refractivity contribution in [1.29, 1.82) is 0 Å². The molecule has 0 N–H and O–H groups in total. The number of hydrogen-bond donors (Lipinski definition) is 0. The molecule has 0 aliphatic carbocycles. The molecule has 21 rings (SSSR count). The Morgan fingerprint density at radius 1 is 0.232 bits per heavy atom. The molecule has 0 amide bonds. The van der Waals surface area contributed by atoms with Gasteiger partial charge in [0.25, 0.3) is 13.4 Å². The lowest BCUT2D eigenvalue weighted by molar-refractivity contribution is 1.19. The summed E-state index contributed by atoms with van der Waals surface area (Å²) in [5.74, 6) is 0. The minimum Gasteiger partial charge on any atom is -0.311 e. The molecule has 0 spiro atoms. The van der Waals surface area contributed by atoms with E-state index in [0.29, 0.717) is 0 Å². The first-order chi connectivity index (χ1) is 55.5. The Labute approximate surface area is 654 Å². The number of fused-ring (bicyclic) bond motifs is 8. The third kappa shape index (κ3) is 10.9. The van der Waals surface area contributed by atoms with Gasteiger partial charge in [0.2, 0.25) is 0 Å². The molecule has 0 atom stereocenters. The second kappa shape index (κ2) is 27.3. The number of anilines is 18. The fourth-order valence-electron chi connectivity index (χ4n) is 18.1. The van der Waals surface area contributed by atoms with Crippen LogP contribution in [0.25, 0.3) is 44.8 Å². The van der Waals surface area contributed by atoms with E-state index in [-0.39, 0.29) is 13.4 Å². The molecule has 112 heavy (non-hydrogen) atoms. The molecule has 526 valence electrons. The molecule has 0 radical (unpaired) electrons. The number of para-hydroxylation sites is 10. The van der Waals surface area contributed by atoms with Crippen LogP contribution in [0.5, 0.6) is 0 Å². The predicted octanol–water partition coefficient (Wildman–Crippen LogP) is 22.9. The van der Waals surface area contributed by atoms with Crippen molar-refractivity contribution in [3.8, 4) is 44.8 Å². The Balaban J connectivity index is 0.922. The van der Waals surface area contributed by atoms with Crippen LogP contribution in [0.1, 0.15) is 11.4 Å². The van der Waals surface area contributed by atoms with Crippen molar-refractivity contribution >= 4 is 149 Å². The first-order valence-electron chi connectivity index (χ1n) is 38.5. The largest absolute Gasteiger partial charge is 0.311 e. The van der Waals surface area contributed by atoms with Crippen LogP contribution in [0.3, 0.4) is 0 Å². The van der Waals surface area contributed by atoms with E-state index in [9.17, 15) is 0 Å². The van der Waals surface area contributed by atoms with Gasteiger partial charge in [0, 0.05) is 108 Å². The summed E-state index contributed by atoms with van der Waals surface area (Å²) in [7, 11) is 0. The lowest BCUT2D eigenvalue weighted by Crippen LogP contribution is -2.65.